The molecule has 2 aromatic heterocycles. The van der Waals surface area contributed by atoms with E-state index in [9.17, 15) is 0 Å². The molecule has 0 aromatic carbocycles. The minimum absolute atomic E-state index is 0.760. The number of rotatable bonds is 2. The van der Waals surface area contributed by atoms with Crippen molar-refractivity contribution in [2.75, 3.05) is 0 Å². The number of imidazole rings is 1. The van der Waals surface area contributed by atoms with Gasteiger partial charge in [0.2, 0.25) is 0 Å². The minimum Gasteiger partial charge on any atom is -0.337 e. The average molecular weight is 225 g/mol. The molecule has 2 aromatic rings. The summed E-state index contributed by atoms with van der Waals surface area (Å²) in [6.45, 7) is 4.86. The van der Waals surface area contributed by atoms with Crippen LogP contribution >= 0.6 is 23.6 Å². The number of hydrogen-bond acceptors (Lipinski definition) is 3. The van der Waals surface area contributed by atoms with Crippen molar-refractivity contribution in [1.29, 1.82) is 0 Å². The third-order valence-corrected chi connectivity index (χ3v) is 3.27. The first kappa shape index (κ1) is 9.61. The van der Waals surface area contributed by atoms with Gasteiger partial charge in [-0.3, -0.25) is 0 Å². The normalized spacial score (nSPS) is 10.7. The Bertz CT molecular complexity index is 492. The molecule has 0 unspecified atom stereocenters. The van der Waals surface area contributed by atoms with Crippen LogP contribution in [-0.4, -0.2) is 14.5 Å². The Kier molecular flexibility index (Phi) is 2.52. The lowest BCUT2D eigenvalue weighted by molar-refractivity contribution is 0.753. The smallest absolute Gasteiger partial charge is 0.177 e. The second kappa shape index (κ2) is 3.67. The Morgan fingerprint density at radius 1 is 1.57 bits per heavy atom. The molecule has 14 heavy (non-hydrogen) atoms. The minimum atomic E-state index is 0.760. The van der Waals surface area contributed by atoms with Gasteiger partial charge >= 0.3 is 0 Å². The molecular weight excluding hydrogens is 214 g/mol. The molecule has 1 N–H and O–H groups in total. The highest BCUT2D eigenvalue weighted by Gasteiger charge is 2.03. The Hall–Kier alpha value is -0.940. The Morgan fingerprint density at radius 2 is 2.36 bits per heavy atom. The lowest BCUT2D eigenvalue weighted by Gasteiger charge is -2.00. The van der Waals surface area contributed by atoms with Gasteiger partial charge in [0.15, 0.2) is 4.77 Å². The van der Waals surface area contributed by atoms with Crippen LogP contribution in [0.4, 0.5) is 0 Å². The van der Waals surface area contributed by atoms with Crippen LogP contribution in [0.3, 0.4) is 0 Å². The molecule has 2 rings (SSSR count). The number of nitrogens with one attached hydrogen (secondary N) is 1. The number of aromatic amines is 1. The fourth-order valence-electron chi connectivity index (χ4n) is 1.29. The summed E-state index contributed by atoms with van der Waals surface area (Å²) in [6.07, 6.45) is 3.81. The summed E-state index contributed by atoms with van der Waals surface area (Å²) in [7, 11) is 0. The molecule has 0 aliphatic carbocycles. The quantitative estimate of drug-likeness (QED) is 0.797. The van der Waals surface area contributed by atoms with Crippen LogP contribution in [0.1, 0.15) is 15.6 Å². The molecule has 0 aliphatic rings. The highest BCUT2D eigenvalue weighted by Crippen LogP contribution is 2.13. The number of thiazole rings is 1. The summed E-state index contributed by atoms with van der Waals surface area (Å²) in [5, 5.41) is 1.10. The van der Waals surface area contributed by atoms with E-state index in [1.54, 1.807) is 11.3 Å². The lowest BCUT2D eigenvalue weighted by Crippen LogP contribution is -2.00. The lowest BCUT2D eigenvalue weighted by atomic mass is 10.5. The summed E-state index contributed by atoms with van der Waals surface area (Å²) >= 11 is 6.87. The van der Waals surface area contributed by atoms with Gasteiger partial charge in [0.25, 0.3) is 0 Å². The molecule has 74 valence electrons. The summed E-state index contributed by atoms with van der Waals surface area (Å²) in [5.41, 5.74) is 1.14. The second-order valence-corrected chi connectivity index (χ2v) is 4.89. The Morgan fingerprint density at radius 3 is 2.86 bits per heavy atom. The highest BCUT2D eigenvalue weighted by atomic mass is 32.1. The van der Waals surface area contributed by atoms with Gasteiger partial charge in [-0.1, -0.05) is 0 Å². The zero-order valence-corrected chi connectivity index (χ0v) is 9.71. The van der Waals surface area contributed by atoms with Gasteiger partial charge < -0.3 is 9.55 Å². The van der Waals surface area contributed by atoms with E-state index in [-0.39, 0.29) is 0 Å². The first-order valence-corrected chi connectivity index (χ1v) is 5.55. The van der Waals surface area contributed by atoms with E-state index in [4.69, 9.17) is 12.2 Å². The third-order valence-electron chi connectivity index (χ3n) is 2.04. The molecule has 0 atom stereocenters. The largest absolute Gasteiger partial charge is 0.337 e. The predicted octanol–water partition coefficient (Wildman–Crippen LogP) is 2.67. The molecule has 0 bridgehead atoms. The number of aryl methyl sites for hydroxylation is 2. The fourth-order valence-corrected chi connectivity index (χ4v) is 2.33. The molecule has 0 spiro atoms. The molecule has 0 fully saturated rings. The maximum atomic E-state index is 5.16. The molecule has 2 heterocycles. The molecule has 0 saturated carbocycles. The SMILES string of the molecule is Cc1cnc(Cn2c(C)c[nH]c2=S)s1. The van der Waals surface area contributed by atoms with Gasteiger partial charge in [0, 0.05) is 23.0 Å². The first-order valence-electron chi connectivity index (χ1n) is 4.33. The topological polar surface area (TPSA) is 33.6 Å². The molecule has 3 nitrogen and oxygen atoms in total. The summed E-state index contributed by atoms with van der Waals surface area (Å²) in [4.78, 5) is 8.56. The molecule has 0 aliphatic heterocycles. The number of aromatic nitrogens is 3. The van der Waals surface area contributed by atoms with Crippen molar-refractivity contribution in [1.82, 2.24) is 14.5 Å². The Balaban J connectivity index is 2.31. The summed E-state index contributed by atoms with van der Waals surface area (Å²) in [6, 6.07) is 0. The van der Waals surface area contributed by atoms with Crippen molar-refractivity contribution in [3.8, 4) is 0 Å². The van der Waals surface area contributed by atoms with Crippen molar-refractivity contribution in [3.05, 3.63) is 32.7 Å². The molecule has 5 heteroatoms. The number of hydrogen-bond donors (Lipinski definition) is 1. The van der Waals surface area contributed by atoms with Crippen molar-refractivity contribution in [2.24, 2.45) is 0 Å². The fraction of sp³-hybridized carbons (Fsp3) is 0.333. The van der Waals surface area contributed by atoms with Crippen LogP contribution < -0.4 is 0 Å². The van der Waals surface area contributed by atoms with E-state index in [2.05, 4.69) is 16.9 Å². The van der Waals surface area contributed by atoms with Crippen LogP contribution in [0.5, 0.6) is 0 Å². The van der Waals surface area contributed by atoms with Gasteiger partial charge in [0.05, 0.1) is 6.54 Å². The second-order valence-electron chi connectivity index (χ2n) is 3.19. The van der Waals surface area contributed by atoms with E-state index in [1.807, 2.05) is 23.9 Å². The zero-order chi connectivity index (χ0) is 10.1. The molecular formula is C9H11N3S2. The molecule has 0 amide bonds. The maximum Gasteiger partial charge on any atom is 0.177 e. The van der Waals surface area contributed by atoms with Crippen molar-refractivity contribution < 1.29 is 0 Å². The van der Waals surface area contributed by atoms with Crippen molar-refractivity contribution in [3.63, 3.8) is 0 Å². The van der Waals surface area contributed by atoms with Gasteiger partial charge in [-0.05, 0) is 26.1 Å². The summed E-state index contributed by atoms with van der Waals surface area (Å²) in [5.74, 6) is 0. The molecule has 0 radical (unpaired) electrons. The van der Waals surface area contributed by atoms with Gasteiger partial charge in [-0.15, -0.1) is 11.3 Å². The summed E-state index contributed by atoms with van der Waals surface area (Å²) < 4.78 is 2.81. The van der Waals surface area contributed by atoms with E-state index in [0.29, 0.717) is 0 Å². The van der Waals surface area contributed by atoms with Gasteiger partial charge in [-0.2, -0.15) is 0 Å². The van der Waals surface area contributed by atoms with Gasteiger partial charge in [-0.25, -0.2) is 4.98 Å². The van der Waals surface area contributed by atoms with Crippen molar-refractivity contribution >= 4 is 23.6 Å². The van der Waals surface area contributed by atoms with Crippen LogP contribution in [-0.2, 0) is 6.54 Å². The monoisotopic (exact) mass is 225 g/mol. The predicted molar refractivity (Wildman–Crippen MR) is 60.3 cm³/mol. The average Bonchev–Trinajstić information content (AvgIpc) is 2.67. The van der Waals surface area contributed by atoms with E-state index < -0.39 is 0 Å². The van der Waals surface area contributed by atoms with Gasteiger partial charge in [0.1, 0.15) is 5.01 Å². The molecule has 0 saturated heterocycles. The highest BCUT2D eigenvalue weighted by molar-refractivity contribution is 7.71. The van der Waals surface area contributed by atoms with E-state index >= 15 is 0 Å². The number of nitrogens with zero attached hydrogens (tertiary/aromatic N) is 2. The third kappa shape index (κ3) is 1.78. The maximum absolute atomic E-state index is 5.16. The zero-order valence-electron chi connectivity index (χ0n) is 8.07. The first-order chi connectivity index (χ1) is 6.66. The van der Waals surface area contributed by atoms with Crippen LogP contribution in [0.15, 0.2) is 12.4 Å². The van der Waals surface area contributed by atoms with E-state index in [0.717, 1.165) is 22.0 Å². The number of H-pyrrole nitrogens is 1. The standard InChI is InChI=1S/C9H11N3S2/c1-6-3-11-9(13)12(6)5-8-10-4-7(2)14-8/h3-4H,5H2,1-2H3,(H,11,13). The van der Waals surface area contributed by atoms with Crippen LogP contribution in [0.25, 0.3) is 0 Å². The Labute approximate surface area is 91.4 Å². The van der Waals surface area contributed by atoms with E-state index in [1.165, 1.54) is 4.88 Å². The van der Waals surface area contributed by atoms with Crippen LogP contribution in [0, 0.1) is 18.6 Å². The van der Waals surface area contributed by atoms with Crippen LogP contribution in [0.2, 0.25) is 0 Å². The van der Waals surface area contributed by atoms with Crippen molar-refractivity contribution in [2.45, 2.75) is 20.4 Å².